The van der Waals surface area contributed by atoms with Crippen LogP contribution in [0.3, 0.4) is 0 Å². The molecule has 16 heavy (non-hydrogen) atoms. The van der Waals surface area contributed by atoms with Gasteiger partial charge in [-0.1, -0.05) is 6.07 Å². The Bertz CT molecular complexity index is 370. The molecular formula is C12H17FN2S. The maximum atomic E-state index is 13.6. The molecule has 1 saturated heterocycles. The molecule has 1 fully saturated rings. The lowest BCUT2D eigenvalue weighted by molar-refractivity contribution is 0.481. The van der Waals surface area contributed by atoms with Crippen LogP contribution in [0.1, 0.15) is 6.92 Å². The van der Waals surface area contributed by atoms with E-state index in [9.17, 15) is 4.39 Å². The quantitative estimate of drug-likeness (QED) is 0.799. The fraction of sp³-hybridized carbons (Fsp3) is 0.500. The maximum Gasteiger partial charge on any atom is 0.138 e. The zero-order valence-corrected chi connectivity index (χ0v) is 10.5. The summed E-state index contributed by atoms with van der Waals surface area (Å²) in [4.78, 5) is 3.02. The molecule has 0 bridgehead atoms. The summed E-state index contributed by atoms with van der Waals surface area (Å²) in [5.41, 5.74) is 1.03. The minimum Gasteiger partial charge on any atom is -0.368 e. The minimum atomic E-state index is -0.115. The Labute approximate surface area is 100 Å². The van der Waals surface area contributed by atoms with Crippen LogP contribution in [0.4, 0.5) is 10.1 Å². The van der Waals surface area contributed by atoms with Crippen LogP contribution in [0, 0.1) is 5.82 Å². The second-order valence-electron chi connectivity index (χ2n) is 4.09. The van der Waals surface area contributed by atoms with Gasteiger partial charge >= 0.3 is 0 Å². The Balaban J connectivity index is 2.28. The number of halogens is 1. The molecule has 1 atom stereocenters. The predicted molar refractivity (Wildman–Crippen MR) is 67.9 cm³/mol. The topological polar surface area (TPSA) is 15.3 Å². The zero-order chi connectivity index (χ0) is 11.5. The smallest absolute Gasteiger partial charge is 0.138 e. The summed E-state index contributed by atoms with van der Waals surface area (Å²) in [6, 6.07) is 5.79. The predicted octanol–water partition coefficient (Wildman–Crippen LogP) is 2.35. The van der Waals surface area contributed by atoms with Gasteiger partial charge in [-0.25, -0.2) is 4.39 Å². The van der Waals surface area contributed by atoms with E-state index in [4.69, 9.17) is 0 Å². The highest BCUT2D eigenvalue weighted by atomic mass is 32.2. The fourth-order valence-electron chi connectivity index (χ4n) is 2.10. The molecule has 4 heteroatoms. The van der Waals surface area contributed by atoms with Crippen molar-refractivity contribution in [2.45, 2.75) is 17.9 Å². The highest BCUT2D eigenvalue weighted by molar-refractivity contribution is 7.98. The van der Waals surface area contributed by atoms with Crippen molar-refractivity contribution < 1.29 is 4.39 Å². The molecule has 1 aromatic carbocycles. The molecule has 2 nitrogen and oxygen atoms in total. The van der Waals surface area contributed by atoms with Crippen LogP contribution < -0.4 is 10.2 Å². The van der Waals surface area contributed by atoms with E-state index in [0.717, 1.165) is 30.2 Å². The van der Waals surface area contributed by atoms with Gasteiger partial charge in [0.25, 0.3) is 0 Å². The standard InChI is InChI=1S/C12H17FN2S/c1-9-8-15(7-6-14-9)11-5-3-4-10(13)12(11)16-2/h3-5,9,14H,6-8H2,1-2H3/t9-/m0/s1. The van der Waals surface area contributed by atoms with E-state index < -0.39 is 0 Å². The van der Waals surface area contributed by atoms with Crippen LogP contribution in [-0.2, 0) is 0 Å². The number of piperazine rings is 1. The first-order chi connectivity index (χ1) is 7.72. The first-order valence-corrected chi connectivity index (χ1v) is 6.75. The number of benzene rings is 1. The first-order valence-electron chi connectivity index (χ1n) is 5.53. The van der Waals surface area contributed by atoms with Crippen molar-refractivity contribution >= 4 is 17.4 Å². The molecule has 0 aromatic heterocycles. The van der Waals surface area contributed by atoms with Crippen LogP contribution in [0.25, 0.3) is 0 Å². The number of anilines is 1. The highest BCUT2D eigenvalue weighted by Crippen LogP contribution is 2.31. The molecule has 88 valence electrons. The van der Waals surface area contributed by atoms with E-state index in [0.29, 0.717) is 6.04 Å². The van der Waals surface area contributed by atoms with Crippen molar-refractivity contribution in [1.82, 2.24) is 5.32 Å². The normalized spacial score (nSPS) is 21.2. The molecule has 1 aliphatic rings. The number of nitrogens with one attached hydrogen (secondary N) is 1. The Kier molecular flexibility index (Phi) is 3.71. The third-order valence-electron chi connectivity index (χ3n) is 2.86. The summed E-state index contributed by atoms with van der Waals surface area (Å²) >= 11 is 1.48. The van der Waals surface area contributed by atoms with Crippen molar-refractivity contribution in [1.29, 1.82) is 0 Å². The summed E-state index contributed by atoms with van der Waals surface area (Å²) in [7, 11) is 0. The van der Waals surface area contributed by atoms with Crippen LogP contribution in [-0.4, -0.2) is 31.9 Å². The molecule has 0 unspecified atom stereocenters. The van der Waals surface area contributed by atoms with E-state index in [2.05, 4.69) is 17.1 Å². The highest BCUT2D eigenvalue weighted by Gasteiger charge is 2.19. The van der Waals surface area contributed by atoms with Crippen molar-refractivity contribution in [3.05, 3.63) is 24.0 Å². The number of nitrogens with zero attached hydrogens (tertiary/aromatic N) is 1. The zero-order valence-electron chi connectivity index (χ0n) is 9.66. The van der Waals surface area contributed by atoms with Crippen LogP contribution >= 0.6 is 11.8 Å². The largest absolute Gasteiger partial charge is 0.368 e. The lowest BCUT2D eigenvalue weighted by atomic mass is 10.2. The first kappa shape index (κ1) is 11.7. The number of hydrogen-bond acceptors (Lipinski definition) is 3. The molecule has 0 saturated carbocycles. The summed E-state index contributed by atoms with van der Waals surface area (Å²) in [5, 5.41) is 3.39. The van der Waals surface area contributed by atoms with Gasteiger partial charge in [0.2, 0.25) is 0 Å². The second-order valence-corrected chi connectivity index (χ2v) is 4.91. The van der Waals surface area contributed by atoms with Gasteiger partial charge in [-0.2, -0.15) is 0 Å². The van der Waals surface area contributed by atoms with Gasteiger partial charge in [0.05, 0.1) is 10.6 Å². The molecule has 1 heterocycles. The third kappa shape index (κ3) is 2.33. The number of rotatable bonds is 2. The molecular weight excluding hydrogens is 223 g/mol. The van der Waals surface area contributed by atoms with E-state index >= 15 is 0 Å². The van der Waals surface area contributed by atoms with Gasteiger partial charge in [-0.05, 0) is 25.3 Å². The lowest BCUT2D eigenvalue weighted by Gasteiger charge is -2.34. The van der Waals surface area contributed by atoms with Gasteiger partial charge in [-0.15, -0.1) is 11.8 Å². The van der Waals surface area contributed by atoms with Gasteiger partial charge in [0.1, 0.15) is 5.82 Å². The number of thioether (sulfide) groups is 1. The Morgan fingerprint density at radius 1 is 1.50 bits per heavy atom. The van der Waals surface area contributed by atoms with E-state index in [1.165, 1.54) is 17.8 Å². The Morgan fingerprint density at radius 2 is 2.31 bits per heavy atom. The molecule has 2 rings (SSSR count). The van der Waals surface area contributed by atoms with Crippen molar-refractivity contribution in [2.24, 2.45) is 0 Å². The fourth-order valence-corrected chi connectivity index (χ4v) is 2.77. The van der Waals surface area contributed by atoms with Gasteiger partial charge in [-0.3, -0.25) is 0 Å². The van der Waals surface area contributed by atoms with Gasteiger partial charge in [0.15, 0.2) is 0 Å². The van der Waals surface area contributed by atoms with Gasteiger partial charge in [0, 0.05) is 25.7 Å². The molecule has 0 aliphatic carbocycles. The van der Waals surface area contributed by atoms with Crippen molar-refractivity contribution in [3.63, 3.8) is 0 Å². The average Bonchev–Trinajstić information content (AvgIpc) is 2.28. The summed E-state index contributed by atoms with van der Waals surface area (Å²) in [6.07, 6.45) is 1.92. The Morgan fingerprint density at radius 3 is 3.00 bits per heavy atom. The molecule has 0 amide bonds. The van der Waals surface area contributed by atoms with Gasteiger partial charge < -0.3 is 10.2 Å². The molecule has 0 radical (unpaired) electrons. The van der Waals surface area contributed by atoms with E-state index in [1.807, 2.05) is 12.3 Å². The lowest BCUT2D eigenvalue weighted by Crippen LogP contribution is -2.49. The summed E-state index contributed by atoms with van der Waals surface area (Å²) < 4.78 is 13.6. The second kappa shape index (κ2) is 5.06. The number of hydrogen-bond donors (Lipinski definition) is 1. The molecule has 1 aliphatic heterocycles. The summed E-state index contributed by atoms with van der Waals surface area (Å²) in [5.74, 6) is -0.115. The van der Waals surface area contributed by atoms with E-state index in [-0.39, 0.29) is 5.82 Å². The minimum absolute atomic E-state index is 0.115. The Hall–Kier alpha value is -0.740. The van der Waals surface area contributed by atoms with Crippen LogP contribution in [0.5, 0.6) is 0 Å². The summed E-state index contributed by atoms with van der Waals surface area (Å²) in [6.45, 7) is 5.01. The monoisotopic (exact) mass is 240 g/mol. The molecule has 0 spiro atoms. The maximum absolute atomic E-state index is 13.6. The van der Waals surface area contributed by atoms with E-state index in [1.54, 1.807) is 6.07 Å². The van der Waals surface area contributed by atoms with Crippen molar-refractivity contribution in [3.8, 4) is 0 Å². The van der Waals surface area contributed by atoms with Crippen molar-refractivity contribution in [2.75, 3.05) is 30.8 Å². The van der Waals surface area contributed by atoms with Crippen LogP contribution in [0.15, 0.2) is 23.1 Å². The van der Waals surface area contributed by atoms with Crippen LogP contribution in [0.2, 0.25) is 0 Å². The average molecular weight is 240 g/mol. The SMILES string of the molecule is CSc1c(F)cccc1N1CCN[C@@H](C)C1. The molecule has 1 aromatic rings. The third-order valence-corrected chi connectivity index (χ3v) is 3.67. The molecule has 1 N–H and O–H groups in total.